The first-order valence-corrected chi connectivity index (χ1v) is 8.20. The second-order valence-electron chi connectivity index (χ2n) is 5.44. The van der Waals surface area contributed by atoms with E-state index >= 15 is 0 Å². The number of methoxy groups -OCH3 is 1. The van der Waals surface area contributed by atoms with E-state index in [1.165, 1.54) is 5.56 Å². The molecule has 1 aliphatic rings. The van der Waals surface area contributed by atoms with Crippen molar-refractivity contribution in [3.8, 4) is 5.75 Å². The minimum atomic E-state index is 0.817. The van der Waals surface area contributed by atoms with Crippen molar-refractivity contribution >= 4 is 5.96 Å². The van der Waals surface area contributed by atoms with Crippen molar-refractivity contribution in [2.24, 2.45) is 4.99 Å². The van der Waals surface area contributed by atoms with E-state index in [9.17, 15) is 0 Å². The summed E-state index contributed by atoms with van der Waals surface area (Å²) in [6, 6.07) is 8.11. The van der Waals surface area contributed by atoms with E-state index in [1.807, 2.05) is 18.2 Å². The second-order valence-corrected chi connectivity index (χ2v) is 5.44. The van der Waals surface area contributed by atoms with Crippen molar-refractivity contribution in [1.82, 2.24) is 15.5 Å². The maximum Gasteiger partial charge on any atom is 0.191 e. The first-order valence-electron chi connectivity index (χ1n) is 8.20. The van der Waals surface area contributed by atoms with Crippen molar-refractivity contribution in [2.45, 2.75) is 6.42 Å². The van der Waals surface area contributed by atoms with Crippen LogP contribution in [-0.2, 0) is 11.2 Å². The molecule has 1 fully saturated rings. The van der Waals surface area contributed by atoms with Gasteiger partial charge in [0.25, 0.3) is 0 Å². The Bertz CT molecular complexity index is 487. The topological polar surface area (TPSA) is 58.1 Å². The van der Waals surface area contributed by atoms with Crippen molar-refractivity contribution in [1.29, 1.82) is 0 Å². The fourth-order valence-electron chi connectivity index (χ4n) is 2.60. The first kappa shape index (κ1) is 17.6. The number of hydrogen-bond donors (Lipinski definition) is 2. The smallest absolute Gasteiger partial charge is 0.191 e. The van der Waals surface area contributed by atoms with Crippen molar-refractivity contribution < 1.29 is 9.47 Å². The summed E-state index contributed by atoms with van der Waals surface area (Å²) in [5, 5.41) is 6.70. The largest absolute Gasteiger partial charge is 0.496 e. The molecule has 6 heteroatoms. The summed E-state index contributed by atoms with van der Waals surface area (Å²) in [4.78, 5) is 6.67. The van der Waals surface area contributed by atoms with Crippen LogP contribution < -0.4 is 15.4 Å². The summed E-state index contributed by atoms with van der Waals surface area (Å²) in [6.07, 6.45) is 0.897. The highest BCUT2D eigenvalue weighted by molar-refractivity contribution is 5.79. The molecule has 0 aromatic heterocycles. The minimum Gasteiger partial charge on any atom is -0.496 e. The number of para-hydroxylation sites is 1. The van der Waals surface area contributed by atoms with Crippen LogP contribution in [0.3, 0.4) is 0 Å². The first-order chi connectivity index (χ1) is 11.3. The highest BCUT2D eigenvalue weighted by atomic mass is 16.5. The zero-order valence-electron chi connectivity index (χ0n) is 14.2. The summed E-state index contributed by atoms with van der Waals surface area (Å²) in [6.45, 7) is 6.42. The molecule has 6 nitrogen and oxygen atoms in total. The maximum absolute atomic E-state index is 5.37. The van der Waals surface area contributed by atoms with Crippen LogP contribution in [0.25, 0.3) is 0 Å². The molecule has 2 rings (SSSR count). The summed E-state index contributed by atoms with van der Waals surface area (Å²) in [5.74, 6) is 1.78. The molecule has 1 aromatic carbocycles. The fraction of sp³-hybridized carbons (Fsp3) is 0.588. The lowest BCUT2D eigenvalue weighted by Crippen LogP contribution is -2.44. The SMILES string of the molecule is CN=C(NCCc1ccccc1OC)NCCN1CCOCC1. The van der Waals surface area contributed by atoms with Crippen LogP contribution in [-0.4, -0.2) is 71.0 Å². The number of morpholine rings is 1. The normalized spacial score (nSPS) is 16.2. The standard InChI is InChI=1S/C17H28N4O2/c1-18-17(20-9-10-21-11-13-23-14-12-21)19-8-7-15-5-3-4-6-16(15)22-2/h3-6H,7-14H2,1-2H3,(H2,18,19,20). The lowest BCUT2D eigenvalue weighted by atomic mass is 10.1. The Kier molecular flexibility index (Phi) is 7.69. The van der Waals surface area contributed by atoms with Crippen LogP contribution in [0.1, 0.15) is 5.56 Å². The molecule has 0 saturated carbocycles. The molecular formula is C17H28N4O2. The molecule has 0 radical (unpaired) electrons. The Morgan fingerprint density at radius 2 is 1.96 bits per heavy atom. The van der Waals surface area contributed by atoms with Gasteiger partial charge in [-0.1, -0.05) is 18.2 Å². The van der Waals surface area contributed by atoms with Gasteiger partial charge in [0, 0.05) is 39.8 Å². The molecule has 0 aliphatic carbocycles. The second kappa shape index (κ2) is 10.1. The Hall–Kier alpha value is -1.79. The number of guanidine groups is 1. The van der Waals surface area contributed by atoms with Gasteiger partial charge in [0.05, 0.1) is 20.3 Å². The van der Waals surface area contributed by atoms with Crippen LogP contribution in [0.2, 0.25) is 0 Å². The molecule has 0 spiro atoms. The number of aliphatic imine (C=N–C) groups is 1. The van der Waals surface area contributed by atoms with E-state index in [2.05, 4.69) is 26.6 Å². The molecule has 1 aromatic rings. The average Bonchev–Trinajstić information content (AvgIpc) is 2.61. The van der Waals surface area contributed by atoms with E-state index in [-0.39, 0.29) is 0 Å². The van der Waals surface area contributed by atoms with Gasteiger partial charge >= 0.3 is 0 Å². The van der Waals surface area contributed by atoms with Crippen LogP contribution in [0.5, 0.6) is 5.75 Å². The van der Waals surface area contributed by atoms with Crippen molar-refractivity contribution in [3.05, 3.63) is 29.8 Å². The zero-order valence-corrected chi connectivity index (χ0v) is 14.2. The molecule has 1 aliphatic heterocycles. The summed E-state index contributed by atoms with van der Waals surface area (Å²) >= 11 is 0. The maximum atomic E-state index is 5.37. The predicted molar refractivity (Wildman–Crippen MR) is 93.3 cm³/mol. The molecule has 0 unspecified atom stereocenters. The third kappa shape index (κ3) is 6.08. The Morgan fingerprint density at radius 1 is 1.22 bits per heavy atom. The van der Waals surface area contributed by atoms with E-state index in [1.54, 1.807) is 14.2 Å². The van der Waals surface area contributed by atoms with Crippen LogP contribution in [0.15, 0.2) is 29.3 Å². The molecule has 23 heavy (non-hydrogen) atoms. The Labute approximate surface area is 138 Å². The van der Waals surface area contributed by atoms with Gasteiger partial charge in [-0.2, -0.15) is 0 Å². The third-order valence-electron chi connectivity index (χ3n) is 3.93. The number of ether oxygens (including phenoxy) is 2. The fourth-order valence-corrected chi connectivity index (χ4v) is 2.60. The van der Waals surface area contributed by atoms with Crippen LogP contribution in [0.4, 0.5) is 0 Å². The molecule has 0 bridgehead atoms. The highest BCUT2D eigenvalue weighted by Crippen LogP contribution is 2.17. The summed E-state index contributed by atoms with van der Waals surface area (Å²) < 4.78 is 10.7. The minimum absolute atomic E-state index is 0.817. The molecule has 0 atom stereocenters. The lowest BCUT2D eigenvalue weighted by molar-refractivity contribution is 0.0389. The van der Waals surface area contributed by atoms with Gasteiger partial charge in [-0.15, -0.1) is 0 Å². The zero-order chi connectivity index (χ0) is 16.3. The van der Waals surface area contributed by atoms with Gasteiger partial charge in [-0.05, 0) is 18.1 Å². The molecule has 2 N–H and O–H groups in total. The molecular weight excluding hydrogens is 292 g/mol. The molecule has 128 valence electrons. The van der Waals surface area contributed by atoms with E-state index < -0.39 is 0 Å². The van der Waals surface area contributed by atoms with Crippen molar-refractivity contribution in [2.75, 3.05) is 60.1 Å². The van der Waals surface area contributed by atoms with Gasteiger partial charge in [0.15, 0.2) is 5.96 Å². The van der Waals surface area contributed by atoms with Gasteiger partial charge in [0.1, 0.15) is 5.75 Å². The number of benzene rings is 1. The summed E-state index contributed by atoms with van der Waals surface area (Å²) in [7, 11) is 3.51. The number of nitrogens with one attached hydrogen (secondary N) is 2. The lowest BCUT2D eigenvalue weighted by Gasteiger charge is -2.26. The van der Waals surface area contributed by atoms with Gasteiger partial charge in [0.2, 0.25) is 0 Å². The Balaban J connectivity index is 1.66. The quantitative estimate of drug-likeness (QED) is 0.573. The highest BCUT2D eigenvalue weighted by Gasteiger charge is 2.09. The monoisotopic (exact) mass is 320 g/mol. The molecule has 0 amide bonds. The van der Waals surface area contributed by atoms with Crippen LogP contribution in [0, 0.1) is 0 Å². The average molecular weight is 320 g/mol. The van der Waals surface area contributed by atoms with E-state index in [0.29, 0.717) is 0 Å². The van der Waals surface area contributed by atoms with Gasteiger partial charge in [-0.3, -0.25) is 9.89 Å². The summed E-state index contributed by atoms with van der Waals surface area (Å²) in [5.41, 5.74) is 1.20. The molecule has 1 heterocycles. The van der Waals surface area contributed by atoms with E-state index in [4.69, 9.17) is 9.47 Å². The van der Waals surface area contributed by atoms with Gasteiger partial charge in [-0.25, -0.2) is 0 Å². The predicted octanol–water partition coefficient (Wildman–Crippen LogP) is 0.735. The number of nitrogens with zero attached hydrogens (tertiary/aromatic N) is 2. The van der Waals surface area contributed by atoms with E-state index in [0.717, 1.165) is 64.1 Å². The third-order valence-corrected chi connectivity index (χ3v) is 3.93. The molecule has 1 saturated heterocycles. The number of rotatable bonds is 7. The van der Waals surface area contributed by atoms with Gasteiger partial charge < -0.3 is 20.1 Å². The Morgan fingerprint density at radius 3 is 2.70 bits per heavy atom. The van der Waals surface area contributed by atoms with Crippen LogP contribution >= 0.6 is 0 Å². The van der Waals surface area contributed by atoms with Crippen molar-refractivity contribution in [3.63, 3.8) is 0 Å². The number of hydrogen-bond acceptors (Lipinski definition) is 4.